The molecule has 0 saturated carbocycles. The lowest BCUT2D eigenvalue weighted by atomic mass is 9.96. The average molecular weight is 541 g/mol. The lowest BCUT2D eigenvalue weighted by Gasteiger charge is -2.20. The van der Waals surface area contributed by atoms with Gasteiger partial charge in [0.05, 0.1) is 28.0 Å². The number of nitrogens with zero attached hydrogens (tertiary/aromatic N) is 2. The molecule has 0 spiro atoms. The summed E-state index contributed by atoms with van der Waals surface area (Å²) in [4.78, 5) is 54.4. The lowest BCUT2D eigenvalue weighted by molar-refractivity contribution is -0.120. The fourth-order valence-corrected chi connectivity index (χ4v) is 4.58. The van der Waals surface area contributed by atoms with Crippen LogP contribution in [0.4, 0.5) is 10.1 Å². The van der Waals surface area contributed by atoms with E-state index in [0.29, 0.717) is 36.9 Å². The highest BCUT2D eigenvalue weighted by Crippen LogP contribution is 2.24. The predicted molar refractivity (Wildman–Crippen MR) is 138 cm³/mol. The van der Waals surface area contributed by atoms with Crippen LogP contribution in [0.25, 0.3) is 5.69 Å². The van der Waals surface area contributed by atoms with E-state index in [-0.39, 0.29) is 52.2 Å². The molecule has 3 N–H and O–H groups in total. The Hall–Kier alpha value is -4.05. The van der Waals surface area contributed by atoms with Crippen molar-refractivity contribution in [3.05, 3.63) is 76.1 Å². The molecule has 0 unspecified atom stereocenters. The first-order valence-electron chi connectivity index (χ1n) is 12.1. The van der Waals surface area contributed by atoms with Gasteiger partial charge in [-0.3, -0.25) is 19.0 Å². The van der Waals surface area contributed by atoms with Crippen molar-refractivity contribution >= 4 is 40.9 Å². The summed E-state index contributed by atoms with van der Waals surface area (Å²) in [5.74, 6) is -2.93. The summed E-state index contributed by atoms with van der Waals surface area (Å²) in [5, 5.41) is 14.8. The monoisotopic (exact) mass is 540 g/mol. The van der Waals surface area contributed by atoms with Gasteiger partial charge in [-0.25, -0.2) is 14.2 Å². The van der Waals surface area contributed by atoms with Gasteiger partial charge in [0, 0.05) is 18.5 Å². The number of benzene rings is 2. The Bertz CT molecular complexity index is 1420. The number of amides is 2. The number of carbonyl (C=O) groups is 4. The number of carboxylic acid groups (broad SMARTS) is 1. The van der Waals surface area contributed by atoms with E-state index in [1.807, 2.05) is 0 Å². The minimum absolute atomic E-state index is 0.0179. The summed E-state index contributed by atoms with van der Waals surface area (Å²) in [6, 6.07) is 7.87. The zero-order valence-corrected chi connectivity index (χ0v) is 21.3. The van der Waals surface area contributed by atoms with E-state index in [9.17, 15) is 28.7 Å². The van der Waals surface area contributed by atoms with Crippen LogP contribution in [-0.2, 0) is 16.0 Å². The lowest BCUT2D eigenvalue weighted by Crippen LogP contribution is -2.42. The predicted octanol–water partition coefficient (Wildman–Crippen LogP) is 4.48. The number of aromatic nitrogens is 2. The molecule has 0 aliphatic carbocycles. The molecule has 1 atom stereocenters. The molecule has 0 bridgehead atoms. The van der Waals surface area contributed by atoms with Gasteiger partial charge < -0.3 is 15.7 Å². The highest BCUT2D eigenvalue weighted by molar-refractivity contribution is 6.30. The Kier molecular flexibility index (Phi) is 8.21. The molecule has 38 heavy (non-hydrogen) atoms. The van der Waals surface area contributed by atoms with Gasteiger partial charge in [0.25, 0.3) is 5.91 Å². The zero-order chi connectivity index (χ0) is 27.4. The van der Waals surface area contributed by atoms with Crippen LogP contribution in [-0.4, -0.2) is 44.3 Å². The molecule has 2 amide bonds. The third-order valence-electron chi connectivity index (χ3n) is 6.50. The number of hydrogen-bond donors (Lipinski definition) is 3. The van der Waals surface area contributed by atoms with Crippen molar-refractivity contribution in [2.45, 2.75) is 51.5 Å². The summed E-state index contributed by atoms with van der Waals surface area (Å²) in [7, 11) is 0. The Labute approximate surface area is 223 Å². The molecule has 3 aromatic rings. The van der Waals surface area contributed by atoms with E-state index < -0.39 is 23.7 Å². The van der Waals surface area contributed by atoms with Gasteiger partial charge in [-0.05, 0) is 49.6 Å². The number of fused-ring (bicyclic) bond motifs is 1. The van der Waals surface area contributed by atoms with Crippen molar-refractivity contribution in [2.24, 2.45) is 0 Å². The minimum Gasteiger partial charge on any atom is -0.478 e. The second-order valence-electron chi connectivity index (χ2n) is 9.12. The van der Waals surface area contributed by atoms with Gasteiger partial charge in [-0.1, -0.05) is 36.6 Å². The van der Waals surface area contributed by atoms with Crippen LogP contribution >= 0.6 is 11.6 Å². The first-order valence-corrected chi connectivity index (χ1v) is 12.5. The normalized spacial score (nSPS) is 16.6. The Morgan fingerprint density at radius 2 is 1.97 bits per heavy atom. The van der Waals surface area contributed by atoms with E-state index in [2.05, 4.69) is 15.6 Å². The second-order valence-corrected chi connectivity index (χ2v) is 9.52. The van der Waals surface area contributed by atoms with Crippen molar-refractivity contribution in [1.29, 1.82) is 0 Å². The maximum atomic E-state index is 14.5. The van der Waals surface area contributed by atoms with E-state index in [1.54, 1.807) is 13.0 Å². The molecular formula is C27H26ClFN4O5. The number of ketones is 1. The smallest absolute Gasteiger partial charge is 0.335 e. The number of halogens is 2. The van der Waals surface area contributed by atoms with Crippen LogP contribution < -0.4 is 10.6 Å². The quantitative estimate of drug-likeness (QED) is 0.447. The van der Waals surface area contributed by atoms with Crippen LogP contribution in [0.15, 0.2) is 42.7 Å². The topological polar surface area (TPSA) is 130 Å². The molecule has 4 rings (SSSR count). The number of aromatic carboxylic acids is 1. The molecule has 198 valence electrons. The first kappa shape index (κ1) is 27.0. The van der Waals surface area contributed by atoms with Crippen molar-refractivity contribution in [3.8, 4) is 5.69 Å². The first-order chi connectivity index (χ1) is 18.2. The molecule has 0 fully saturated rings. The van der Waals surface area contributed by atoms with Crippen LogP contribution in [0, 0.1) is 12.7 Å². The van der Waals surface area contributed by atoms with E-state index in [0.717, 1.165) is 0 Å². The molecule has 1 aliphatic heterocycles. The van der Waals surface area contributed by atoms with Crippen molar-refractivity contribution in [3.63, 3.8) is 0 Å². The van der Waals surface area contributed by atoms with E-state index in [1.165, 1.54) is 41.2 Å². The second kappa shape index (κ2) is 11.6. The minimum atomic E-state index is -1.16. The largest absolute Gasteiger partial charge is 0.478 e. The van der Waals surface area contributed by atoms with Gasteiger partial charge in [0.15, 0.2) is 11.6 Å². The Balaban J connectivity index is 1.58. The molecule has 2 aromatic carbocycles. The number of carboxylic acids is 1. The third kappa shape index (κ3) is 5.91. The van der Waals surface area contributed by atoms with Gasteiger partial charge in [-0.2, -0.15) is 0 Å². The Morgan fingerprint density at radius 3 is 2.74 bits per heavy atom. The van der Waals surface area contributed by atoms with Crippen molar-refractivity contribution < 1.29 is 28.7 Å². The molecule has 1 aliphatic rings. The maximum Gasteiger partial charge on any atom is 0.335 e. The molecule has 0 saturated heterocycles. The Morgan fingerprint density at radius 1 is 1.18 bits per heavy atom. The number of Topliss-reactive ketones (excluding diaryl/α,β-unsaturated/α-hetero) is 1. The van der Waals surface area contributed by atoms with Crippen LogP contribution in [0.5, 0.6) is 0 Å². The zero-order valence-electron chi connectivity index (χ0n) is 20.6. The number of anilines is 1. The average Bonchev–Trinajstić information content (AvgIpc) is 3.25. The van der Waals surface area contributed by atoms with Crippen LogP contribution in [0.1, 0.15) is 64.2 Å². The highest BCUT2D eigenvalue weighted by Gasteiger charge is 2.26. The number of imidazole rings is 1. The fraction of sp³-hybridized carbons (Fsp3) is 0.296. The fourth-order valence-electron chi connectivity index (χ4n) is 4.41. The summed E-state index contributed by atoms with van der Waals surface area (Å²) in [5.41, 5.74) is 1.25. The molecular weight excluding hydrogens is 515 g/mol. The molecule has 11 heteroatoms. The van der Waals surface area contributed by atoms with Gasteiger partial charge in [0.1, 0.15) is 12.0 Å². The third-order valence-corrected chi connectivity index (χ3v) is 6.79. The summed E-state index contributed by atoms with van der Waals surface area (Å²) in [6.45, 7) is 1.62. The summed E-state index contributed by atoms with van der Waals surface area (Å²) >= 11 is 5.90. The number of carbonyl (C=O) groups excluding carboxylic acids is 3. The molecule has 1 aromatic heterocycles. The molecule has 0 radical (unpaired) electrons. The van der Waals surface area contributed by atoms with Gasteiger partial charge >= 0.3 is 5.97 Å². The van der Waals surface area contributed by atoms with Gasteiger partial charge in [-0.15, -0.1) is 0 Å². The van der Waals surface area contributed by atoms with E-state index >= 15 is 0 Å². The van der Waals surface area contributed by atoms with Gasteiger partial charge in [0.2, 0.25) is 5.91 Å². The van der Waals surface area contributed by atoms with Crippen LogP contribution in [0.2, 0.25) is 5.02 Å². The van der Waals surface area contributed by atoms with Crippen molar-refractivity contribution in [2.75, 3.05) is 5.32 Å². The summed E-state index contributed by atoms with van der Waals surface area (Å²) < 4.78 is 16.0. The summed E-state index contributed by atoms with van der Waals surface area (Å²) in [6.07, 6.45) is 3.65. The molecule has 2 heterocycles. The maximum absolute atomic E-state index is 14.5. The van der Waals surface area contributed by atoms with E-state index in [4.69, 9.17) is 11.6 Å². The number of nitrogens with one attached hydrogen (secondary N) is 2. The highest BCUT2D eigenvalue weighted by atomic mass is 35.5. The standard InChI is InChI=1S/C27H26ClFN4O5/c1-15-25(30-14-33(15)21-8-5-6-18(28)24(21)29)26(36)32-19-7-3-2-4-9-23(35)31-20-12-17(27(37)38)11-10-16(20)13-22(19)34/h5-6,8,10-12,14,19H,2-4,7,9,13H2,1H3,(H,31,35)(H,32,36)(H,37,38)/t19-/m0/s1. The molecule has 9 nitrogen and oxygen atoms in total. The number of hydrogen-bond acceptors (Lipinski definition) is 5. The van der Waals surface area contributed by atoms with Crippen molar-refractivity contribution in [1.82, 2.24) is 14.9 Å². The SMILES string of the molecule is Cc1c(C(=O)N[C@H]2CCCCCC(=O)Nc3cc(C(=O)O)ccc3CC2=O)ncn1-c1cccc(Cl)c1F. The number of rotatable bonds is 4. The van der Waals surface area contributed by atoms with Crippen LogP contribution in [0.3, 0.4) is 0 Å².